The number of ether oxygens (including phenoxy) is 1. The number of aromatic nitrogens is 2. The van der Waals surface area contributed by atoms with Crippen LogP contribution in [0, 0.1) is 0 Å². The van der Waals surface area contributed by atoms with Crippen LogP contribution in [0.15, 0.2) is 33.6 Å². The Bertz CT molecular complexity index is 886. The number of amides is 1. The number of nitrogens with zero attached hydrogens (tertiary/aromatic N) is 3. The van der Waals surface area contributed by atoms with Crippen molar-refractivity contribution in [3.8, 4) is 0 Å². The molecule has 1 saturated heterocycles. The zero-order valence-corrected chi connectivity index (χ0v) is 16.0. The minimum absolute atomic E-state index is 0.104. The van der Waals surface area contributed by atoms with Crippen LogP contribution in [0.2, 0.25) is 0 Å². The zero-order valence-electron chi connectivity index (χ0n) is 15.2. The SMILES string of the molecule is CC(C)c1nnc(CNC(=O)c2ccc(S(=O)(=O)N3CCOCC3)cc2)o1. The summed E-state index contributed by atoms with van der Waals surface area (Å²) in [7, 11) is -3.58. The summed E-state index contributed by atoms with van der Waals surface area (Å²) in [5, 5.41) is 10.5. The first-order valence-electron chi connectivity index (χ1n) is 8.66. The molecule has 2 heterocycles. The number of carbonyl (C=O) groups is 1. The van der Waals surface area contributed by atoms with Gasteiger partial charge in [0.2, 0.25) is 21.8 Å². The molecular formula is C17H22N4O5S. The van der Waals surface area contributed by atoms with Crippen molar-refractivity contribution in [2.45, 2.75) is 31.2 Å². The molecule has 1 amide bonds. The summed E-state index contributed by atoms with van der Waals surface area (Å²) < 4.78 is 37.2. The highest BCUT2D eigenvalue weighted by Crippen LogP contribution is 2.18. The molecule has 0 atom stereocenters. The Morgan fingerprint density at radius 3 is 2.44 bits per heavy atom. The van der Waals surface area contributed by atoms with E-state index in [1.807, 2.05) is 13.8 Å². The Hall–Kier alpha value is -2.30. The quantitative estimate of drug-likeness (QED) is 0.781. The van der Waals surface area contributed by atoms with E-state index in [0.717, 1.165) is 0 Å². The van der Waals surface area contributed by atoms with Crippen LogP contribution in [0.5, 0.6) is 0 Å². The average molecular weight is 394 g/mol. The molecule has 10 heteroatoms. The van der Waals surface area contributed by atoms with Crippen LogP contribution in [0.1, 0.15) is 41.9 Å². The maximum Gasteiger partial charge on any atom is 0.251 e. The summed E-state index contributed by atoms with van der Waals surface area (Å²) >= 11 is 0. The molecule has 0 bridgehead atoms. The Morgan fingerprint density at radius 2 is 1.85 bits per heavy atom. The first kappa shape index (κ1) is 19.5. The van der Waals surface area contributed by atoms with Gasteiger partial charge in [0, 0.05) is 24.6 Å². The summed E-state index contributed by atoms with van der Waals surface area (Å²) in [6.45, 7) is 5.39. The molecule has 1 aromatic heterocycles. The maximum absolute atomic E-state index is 12.6. The van der Waals surface area contributed by atoms with E-state index in [-0.39, 0.29) is 23.3 Å². The Balaban J connectivity index is 1.62. The summed E-state index contributed by atoms with van der Waals surface area (Å²) in [4.78, 5) is 12.4. The Labute approximate surface area is 157 Å². The predicted molar refractivity (Wildman–Crippen MR) is 95.6 cm³/mol. The fourth-order valence-electron chi connectivity index (χ4n) is 2.54. The highest BCUT2D eigenvalue weighted by molar-refractivity contribution is 7.89. The topological polar surface area (TPSA) is 115 Å². The molecule has 0 unspecified atom stereocenters. The largest absolute Gasteiger partial charge is 0.423 e. The van der Waals surface area contributed by atoms with Crippen molar-refractivity contribution in [2.75, 3.05) is 26.3 Å². The van der Waals surface area contributed by atoms with Crippen molar-refractivity contribution in [3.05, 3.63) is 41.6 Å². The lowest BCUT2D eigenvalue weighted by Crippen LogP contribution is -2.40. The van der Waals surface area contributed by atoms with Crippen molar-refractivity contribution in [2.24, 2.45) is 0 Å². The minimum Gasteiger partial charge on any atom is -0.423 e. The lowest BCUT2D eigenvalue weighted by atomic mass is 10.2. The fraction of sp³-hybridized carbons (Fsp3) is 0.471. The van der Waals surface area contributed by atoms with Crippen molar-refractivity contribution in [3.63, 3.8) is 0 Å². The summed E-state index contributed by atoms with van der Waals surface area (Å²) in [5.74, 6) is 0.591. The van der Waals surface area contributed by atoms with Gasteiger partial charge in [-0.25, -0.2) is 8.42 Å². The smallest absolute Gasteiger partial charge is 0.251 e. The van der Waals surface area contributed by atoms with Crippen LogP contribution in [0.25, 0.3) is 0 Å². The van der Waals surface area contributed by atoms with Crippen molar-refractivity contribution in [1.82, 2.24) is 19.8 Å². The van der Waals surface area contributed by atoms with Gasteiger partial charge in [0.1, 0.15) is 0 Å². The zero-order chi connectivity index (χ0) is 19.4. The van der Waals surface area contributed by atoms with Crippen molar-refractivity contribution < 1.29 is 22.4 Å². The molecular weight excluding hydrogens is 372 g/mol. The van der Waals surface area contributed by atoms with Crippen LogP contribution in [0.3, 0.4) is 0 Å². The van der Waals surface area contributed by atoms with E-state index in [9.17, 15) is 13.2 Å². The highest BCUT2D eigenvalue weighted by atomic mass is 32.2. The first-order valence-corrected chi connectivity index (χ1v) is 10.1. The Morgan fingerprint density at radius 1 is 1.19 bits per heavy atom. The second-order valence-electron chi connectivity index (χ2n) is 6.41. The van der Waals surface area contributed by atoms with E-state index in [0.29, 0.717) is 43.6 Å². The highest BCUT2D eigenvalue weighted by Gasteiger charge is 2.26. The molecule has 0 radical (unpaired) electrons. The lowest BCUT2D eigenvalue weighted by molar-refractivity contribution is 0.0730. The van der Waals surface area contributed by atoms with Gasteiger partial charge in [0.25, 0.3) is 5.91 Å². The molecule has 0 saturated carbocycles. The molecule has 1 fully saturated rings. The fourth-order valence-corrected chi connectivity index (χ4v) is 3.95. The van der Waals surface area contributed by atoms with Crippen LogP contribution in [0.4, 0.5) is 0 Å². The van der Waals surface area contributed by atoms with E-state index in [2.05, 4.69) is 15.5 Å². The van der Waals surface area contributed by atoms with Gasteiger partial charge in [-0.15, -0.1) is 10.2 Å². The molecule has 146 valence electrons. The number of sulfonamides is 1. The predicted octanol–water partition coefficient (Wildman–Crippen LogP) is 1.14. The maximum atomic E-state index is 12.6. The molecule has 9 nitrogen and oxygen atoms in total. The van der Waals surface area contributed by atoms with Gasteiger partial charge in [-0.1, -0.05) is 13.8 Å². The molecule has 2 aromatic rings. The van der Waals surface area contributed by atoms with Gasteiger partial charge in [0.05, 0.1) is 24.7 Å². The van der Waals surface area contributed by atoms with E-state index >= 15 is 0 Å². The molecule has 1 N–H and O–H groups in total. The van der Waals surface area contributed by atoms with E-state index in [1.165, 1.54) is 28.6 Å². The van der Waals surface area contributed by atoms with Crippen molar-refractivity contribution in [1.29, 1.82) is 0 Å². The minimum atomic E-state index is -3.58. The van der Waals surface area contributed by atoms with Gasteiger partial charge in [0.15, 0.2) is 0 Å². The third-order valence-electron chi connectivity index (χ3n) is 4.10. The van der Waals surface area contributed by atoms with Crippen molar-refractivity contribution >= 4 is 15.9 Å². The third-order valence-corrected chi connectivity index (χ3v) is 6.01. The normalized spacial score (nSPS) is 15.8. The monoisotopic (exact) mass is 394 g/mol. The number of rotatable bonds is 6. The van der Waals surface area contributed by atoms with Crippen LogP contribution >= 0.6 is 0 Å². The molecule has 1 aliphatic heterocycles. The summed E-state index contributed by atoms with van der Waals surface area (Å²) in [5.41, 5.74) is 0.347. The second kappa shape index (κ2) is 8.15. The second-order valence-corrected chi connectivity index (χ2v) is 8.35. The number of carbonyl (C=O) groups excluding carboxylic acids is 1. The Kier molecular flexibility index (Phi) is 5.88. The first-order chi connectivity index (χ1) is 12.9. The van der Waals surface area contributed by atoms with Gasteiger partial charge in [-0.05, 0) is 24.3 Å². The van der Waals surface area contributed by atoms with E-state index in [4.69, 9.17) is 9.15 Å². The van der Waals surface area contributed by atoms with Gasteiger partial charge in [-0.3, -0.25) is 4.79 Å². The number of morpholine rings is 1. The number of hydrogen-bond donors (Lipinski definition) is 1. The molecule has 3 rings (SSSR count). The molecule has 27 heavy (non-hydrogen) atoms. The summed E-state index contributed by atoms with van der Waals surface area (Å²) in [6, 6.07) is 5.83. The van der Waals surface area contributed by atoms with Crippen LogP contribution in [-0.2, 0) is 21.3 Å². The lowest BCUT2D eigenvalue weighted by Gasteiger charge is -2.26. The van der Waals surface area contributed by atoms with Gasteiger partial charge >= 0.3 is 0 Å². The number of benzene rings is 1. The molecule has 0 aliphatic carbocycles. The number of nitrogens with one attached hydrogen (secondary N) is 1. The summed E-state index contributed by atoms with van der Waals surface area (Å²) in [6.07, 6.45) is 0. The van der Waals surface area contributed by atoms with Crippen LogP contribution < -0.4 is 5.32 Å². The van der Waals surface area contributed by atoms with E-state index < -0.39 is 10.0 Å². The standard InChI is InChI=1S/C17H22N4O5S/c1-12(2)17-20-19-15(26-17)11-18-16(22)13-3-5-14(6-4-13)27(23,24)21-7-9-25-10-8-21/h3-6,12H,7-11H2,1-2H3,(H,18,22). The van der Waals surface area contributed by atoms with E-state index in [1.54, 1.807) is 0 Å². The van der Waals surface area contributed by atoms with Gasteiger partial charge in [-0.2, -0.15) is 4.31 Å². The number of hydrogen-bond acceptors (Lipinski definition) is 7. The molecule has 1 aliphatic rings. The molecule has 0 spiro atoms. The molecule has 1 aromatic carbocycles. The van der Waals surface area contributed by atoms with Crippen LogP contribution in [-0.4, -0.2) is 55.1 Å². The average Bonchev–Trinajstić information content (AvgIpc) is 3.16. The third kappa shape index (κ3) is 4.52. The van der Waals surface area contributed by atoms with Gasteiger partial charge < -0.3 is 14.5 Å².